The molecule has 14 nitrogen and oxygen atoms in total. The molecule has 0 saturated carbocycles. The zero-order chi connectivity index (χ0) is 36.0. The van der Waals surface area contributed by atoms with Crippen LogP contribution in [0.5, 0.6) is 0 Å². The fourth-order valence-corrected chi connectivity index (χ4v) is 7.32. The van der Waals surface area contributed by atoms with Crippen molar-refractivity contribution in [2.75, 3.05) is 25.9 Å². The molecule has 0 spiro atoms. The Kier molecular flexibility index (Phi) is 13.5. The zero-order valence-electron chi connectivity index (χ0n) is 29.8. The second-order valence-corrected chi connectivity index (χ2v) is 14.8. The number of hydrogen-bond acceptors (Lipinski definition) is 12. The molecule has 1 amide bonds. The second-order valence-electron chi connectivity index (χ2n) is 13.8. The first kappa shape index (κ1) is 39.3. The highest BCUT2D eigenvalue weighted by Crippen LogP contribution is 2.40. The molecule has 1 saturated heterocycles. The number of ether oxygens (including phenoxy) is 2. The number of cyclic esters (lactones) is 1. The molecule has 0 unspecified atom stereocenters. The van der Waals surface area contributed by atoms with Gasteiger partial charge in [-0.2, -0.15) is 0 Å². The number of anilines is 1. The summed E-state index contributed by atoms with van der Waals surface area (Å²) in [7, 11) is 8.12. The van der Waals surface area contributed by atoms with Gasteiger partial charge in [-0.25, -0.2) is 4.79 Å². The van der Waals surface area contributed by atoms with E-state index in [1.807, 2.05) is 24.9 Å². The monoisotopic (exact) mass is 688 g/mol. The van der Waals surface area contributed by atoms with Gasteiger partial charge in [0.2, 0.25) is 5.13 Å². The van der Waals surface area contributed by atoms with Crippen LogP contribution in [0.1, 0.15) is 81.1 Å². The summed E-state index contributed by atoms with van der Waals surface area (Å²) < 4.78 is 13.7. The van der Waals surface area contributed by atoms with Crippen LogP contribution < -0.4 is 11.1 Å². The summed E-state index contributed by atoms with van der Waals surface area (Å²) in [6.07, 6.45) is 4.41. The van der Waals surface area contributed by atoms with E-state index < -0.39 is 40.6 Å². The highest BCUT2D eigenvalue weighted by atomic mass is 32.1. The van der Waals surface area contributed by atoms with Crippen molar-refractivity contribution in [2.45, 2.75) is 117 Å². The Hall–Kier alpha value is -3.11. The van der Waals surface area contributed by atoms with Gasteiger partial charge in [0.15, 0.2) is 5.01 Å². The summed E-state index contributed by atoms with van der Waals surface area (Å²) >= 11 is 1.25. The molecule has 48 heavy (non-hydrogen) atoms. The molecule has 2 aromatic rings. The number of aliphatic carboxylic acids is 1. The van der Waals surface area contributed by atoms with Crippen molar-refractivity contribution in [3.63, 3.8) is 0 Å². The Morgan fingerprint density at radius 3 is 2.46 bits per heavy atom. The molecular weight excluding hydrogens is 635 g/mol. The number of aryl methyl sites for hydroxylation is 1. The molecule has 1 aliphatic heterocycles. The quantitative estimate of drug-likeness (QED) is 0.103. The van der Waals surface area contributed by atoms with Crippen molar-refractivity contribution in [1.29, 1.82) is 0 Å². The summed E-state index contributed by atoms with van der Waals surface area (Å²) in [5.41, 5.74) is 4.75. The number of unbranched alkanes of at least 4 members (excludes halogenated alkanes) is 1. The maximum Gasteiger partial charge on any atom is 0.410 e. The Balaban J connectivity index is 1.63. The van der Waals surface area contributed by atoms with Gasteiger partial charge in [0.1, 0.15) is 23.0 Å². The molecule has 1 aliphatic rings. The molecule has 3 heterocycles. The van der Waals surface area contributed by atoms with E-state index in [1.165, 1.54) is 18.3 Å². The largest absolute Gasteiger partial charge is 0.481 e. The Bertz CT molecular complexity index is 1390. The van der Waals surface area contributed by atoms with Gasteiger partial charge < -0.3 is 25.6 Å². The van der Waals surface area contributed by atoms with E-state index in [0.29, 0.717) is 41.9 Å². The Labute approximate surface area is 289 Å². The van der Waals surface area contributed by atoms with Gasteiger partial charge in [-0.05, 0) is 77.6 Å². The summed E-state index contributed by atoms with van der Waals surface area (Å²) in [6, 6.07) is -0.311. The Morgan fingerprint density at radius 2 is 1.88 bits per heavy atom. The number of rotatable bonds is 20. The van der Waals surface area contributed by atoms with Gasteiger partial charge in [0.25, 0.3) is 0 Å². The minimum absolute atomic E-state index is 0.0770. The molecular formula is C32H53BN8O6S. The van der Waals surface area contributed by atoms with Crippen LogP contribution in [0.25, 0.3) is 10.7 Å². The number of nitrogens with zero attached hydrogens (tertiary/aromatic N) is 6. The van der Waals surface area contributed by atoms with Crippen molar-refractivity contribution in [3.8, 4) is 10.7 Å². The van der Waals surface area contributed by atoms with Crippen LogP contribution in [0.4, 0.5) is 9.93 Å². The lowest BCUT2D eigenvalue weighted by molar-refractivity contribution is -0.147. The number of carbonyl (C=O) groups is 3. The number of carbonyl (C=O) groups excluding carboxylic acids is 2. The van der Waals surface area contributed by atoms with E-state index in [0.717, 1.165) is 19.3 Å². The highest BCUT2D eigenvalue weighted by molar-refractivity contribution is 7.18. The molecule has 2 radical (unpaired) electrons. The van der Waals surface area contributed by atoms with Crippen LogP contribution in [-0.2, 0) is 25.6 Å². The fraction of sp³-hybridized carbons (Fsp3) is 0.781. The van der Waals surface area contributed by atoms with Crippen LogP contribution in [0, 0.1) is 23.7 Å². The summed E-state index contributed by atoms with van der Waals surface area (Å²) in [6.45, 7) is 17.1. The van der Waals surface area contributed by atoms with Crippen LogP contribution in [0.2, 0.25) is 5.82 Å². The summed E-state index contributed by atoms with van der Waals surface area (Å²) in [5.74, 6) is -3.93. The standard InChI is InChI=1S/C32H53BN8O6S/c1-10-19(3)32(8)26(22(6)35-16-18(2)15-31(7,46-9)25(33)20(4)24(42)21(5)28(43)44)41(30(45)47-32)14-12-11-13-40-17-23(36-39-40)27-37-38-29(34)48-27/h17-22,25-26,35H,10-16H2,1-9H3,(H2,34,38)(H,43,44)/t18-,19-,20+,21-,22-,25-,26-,31-,32-/m1/s1. The smallest absolute Gasteiger partial charge is 0.410 e. The van der Waals surface area contributed by atoms with Crippen molar-refractivity contribution >= 4 is 42.2 Å². The van der Waals surface area contributed by atoms with Crippen molar-refractivity contribution in [1.82, 2.24) is 35.4 Å². The first-order valence-electron chi connectivity index (χ1n) is 16.8. The van der Waals surface area contributed by atoms with Crippen molar-refractivity contribution in [3.05, 3.63) is 6.20 Å². The number of nitrogen functional groups attached to an aromatic ring is 1. The van der Waals surface area contributed by atoms with Gasteiger partial charge >= 0.3 is 12.1 Å². The molecule has 0 aromatic carbocycles. The predicted octanol–water partition coefficient (Wildman–Crippen LogP) is 4.08. The van der Waals surface area contributed by atoms with E-state index in [4.69, 9.17) is 23.1 Å². The van der Waals surface area contributed by atoms with Crippen molar-refractivity contribution in [2.24, 2.45) is 23.7 Å². The van der Waals surface area contributed by atoms with Gasteiger partial charge in [-0.1, -0.05) is 44.2 Å². The number of nitrogens with two attached hydrogens (primary N) is 1. The number of carboxylic acids is 1. The third-order valence-electron chi connectivity index (χ3n) is 10.3. The summed E-state index contributed by atoms with van der Waals surface area (Å²) in [4.78, 5) is 39.4. The molecule has 0 bridgehead atoms. The van der Waals surface area contributed by atoms with E-state index in [-0.39, 0.29) is 30.0 Å². The highest BCUT2D eigenvalue weighted by Gasteiger charge is 2.55. The molecule has 9 atom stereocenters. The Morgan fingerprint density at radius 1 is 1.21 bits per heavy atom. The molecule has 4 N–H and O–H groups in total. The lowest BCUT2D eigenvalue weighted by Gasteiger charge is -2.41. The number of hydrogen-bond donors (Lipinski definition) is 3. The van der Waals surface area contributed by atoms with E-state index in [1.54, 1.807) is 18.7 Å². The van der Waals surface area contributed by atoms with E-state index >= 15 is 0 Å². The second kappa shape index (κ2) is 16.5. The van der Waals surface area contributed by atoms with Gasteiger partial charge in [-0.15, -0.1) is 15.3 Å². The van der Waals surface area contributed by atoms with Crippen LogP contribution in [0.15, 0.2) is 6.20 Å². The molecule has 2 aromatic heterocycles. The molecule has 16 heteroatoms. The predicted molar refractivity (Wildman–Crippen MR) is 185 cm³/mol. The first-order chi connectivity index (χ1) is 22.5. The molecule has 3 rings (SSSR count). The van der Waals surface area contributed by atoms with Crippen LogP contribution in [0.3, 0.4) is 0 Å². The number of amides is 1. The first-order valence-corrected chi connectivity index (χ1v) is 17.6. The van der Waals surface area contributed by atoms with Gasteiger partial charge in [0.05, 0.1) is 25.7 Å². The van der Waals surface area contributed by atoms with Gasteiger partial charge in [0, 0.05) is 32.2 Å². The molecule has 0 aliphatic carbocycles. The average molecular weight is 689 g/mol. The third kappa shape index (κ3) is 8.92. The van der Waals surface area contributed by atoms with Crippen LogP contribution in [-0.4, -0.2) is 104 Å². The number of methoxy groups -OCH3 is 1. The summed E-state index contributed by atoms with van der Waals surface area (Å²) in [5, 5.41) is 30.2. The number of ketones is 1. The maximum absolute atomic E-state index is 13.3. The maximum atomic E-state index is 13.3. The molecule has 266 valence electrons. The average Bonchev–Trinajstić information content (AvgIpc) is 3.77. The van der Waals surface area contributed by atoms with Crippen molar-refractivity contribution < 1.29 is 29.0 Å². The lowest BCUT2D eigenvalue weighted by Crippen LogP contribution is -2.58. The SMILES string of the molecule is [B][C@H]([C@@H](C)C(=O)[C@@H](C)C(=O)O)[C@@](C)(C[C@@H](C)CN[C@H](C)[C@H]1N(CCCCn2cc(-c3nnc(N)s3)nn2)C(=O)O[C@]1(C)[C@H](C)CC)OC. The zero-order valence-corrected chi connectivity index (χ0v) is 30.6. The number of nitrogens with one attached hydrogen (secondary N) is 1. The lowest BCUT2D eigenvalue weighted by atomic mass is 9.62. The topological polar surface area (TPSA) is 188 Å². The minimum atomic E-state index is -1.17. The third-order valence-corrected chi connectivity index (χ3v) is 11.0. The van der Waals surface area contributed by atoms with Gasteiger partial charge in [-0.3, -0.25) is 19.2 Å². The number of carboxylic acid groups (broad SMARTS) is 1. The fourth-order valence-electron chi connectivity index (χ4n) is 6.76. The number of Topliss-reactive ketones (excluding diaryl/α,β-unsaturated/α-hetero) is 1. The van der Waals surface area contributed by atoms with E-state index in [9.17, 15) is 19.5 Å². The van der Waals surface area contributed by atoms with E-state index in [2.05, 4.69) is 53.5 Å². The molecule has 1 fully saturated rings. The minimum Gasteiger partial charge on any atom is -0.481 e. The van der Waals surface area contributed by atoms with Crippen LogP contribution >= 0.6 is 11.3 Å². The normalized spacial score (nSPS) is 23.1. The number of aromatic nitrogens is 5.